The average Bonchev–Trinajstić information content (AvgIpc) is 2.57. The first kappa shape index (κ1) is 18.3. The molecule has 2 rings (SSSR count). The Kier molecular flexibility index (Phi) is 7.07. The zero-order chi connectivity index (χ0) is 17.4. The summed E-state index contributed by atoms with van der Waals surface area (Å²) in [5.41, 5.74) is 2.57. The summed E-state index contributed by atoms with van der Waals surface area (Å²) in [6.07, 6.45) is 3.56. The molecule has 0 unspecified atom stereocenters. The van der Waals surface area contributed by atoms with Gasteiger partial charge in [-0.05, 0) is 48.6 Å². The number of hydrogen-bond donors (Lipinski definition) is 2. The van der Waals surface area contributed by atoms with Crippen molar-refractivity contribution in [2.24, 2.45) is 5.92 Å². The number of hydrogen-bond acceptors (Lipinski definition) is 3. The van der Waals surface area contributed by atoms with Gasteiger partial charge in [0.2, 0.25) is 0 Å². The van der Waals surface area contributed by atoms with E-state index >= 15 is 0 Å². The molecule has 0 saturated heterocycles. The number of nitrogens with zero attached hydrogens (tertiary/aromatic N) is 1. The van der Waals surface area contributed by atoms with Crippen LogP contribution in [0.3, 0.4) is 0 Å². The molecule has 1 heterocycles. The largest absolute Gasteiger partial charge is 0.383 e. The van der Waals surface area contributed by atoms with Crippen molar-refractivity contribution in [3.05, 3.63) is 58.9 Å². The maximum atomic E-state index is 12.0. The summed E-state index contributed by atoms with van der Waals surface area (Å²) in [6, 6.07) is 11.5. The van der Waals surface area contributed by atoms with Gasteiger partial charge in [-0.2, -0.15) is 0 Å². The van der Waals surface area contributed by atoms with Crippen molar-refractivity contribution >= 4 is 23.2 Å². The van der Waals surface area contributed by atoms with Crippen LogP contribution in [0.5, 0.6) is 0 Å². The van der Waals surface area contributed by atoms with Crippen molar-refractivity contribution in [2.75, 3.05) is 18.4 Å². The fraction of sp³-hybridized carbons (Fsp3) is 0.368. The molecular weight excluding hydrogens is 322 g/mol. The van der Waals surface area contributed by atoms with Gasteiger partial charge in [0.1, 0.15) is 5.69 Å². The van der Waals surface area contributed by atoms with Crippen LogP contribution in [-0.2, 0) is 6.42 Å². The van der Waals surface area contributed by atoms with Crippen molar-refractivity contribution in [3.8, 4) is 0 Å². The van der Waals surface area contributed by atoms with Crippen LogP contribution in [0.1, 0.15) is 36.3 Å². The van der Waals surface area contributed by atoms with Gasteiger partial charge in [0, 0.05) is 18.1 Å². The van der Waals surface area contributed by atoms with Gasteiger partial charge in [0.25, 0.3) is 5.91 Å². The van der Waals surface area contributed by atoms with Crippen molar-refractivity contribution in [1.82, 2.24) is 10.3 Å². The standard InChI is InChI=1S/C19H24ClN3O/c1-14(2)9-11-22-19(24)18-8-7-17(13-23-18)21-12-10-15-3-5-16(20)6-4-15/h3-8,13-14,21H,9-12H2,1-2H3,(H,22,24). The van der Waals surface area contributed by atoms with E-state index in [0.29, 0.717) is 18.2 Å². The third-order valence-corrected chi connectivity index (χ3v) is 3.91. The third-order valence-electron chi connectivity index (χ3n) is 3.66. The molecule has 0 saturated carbocycles. The first-order valence-electron chi connectivity index (χ1n) is 8.27. The molecule has 0 bridgehead atoms. The number of aromatic nitrogens is 1. The molecule has 0 fully saturated rings. The van der Waals surface area contributed by atoms with E-state index in [2.05, 4.69) is 29.5 Å². The molecule has 0 aliphatic heterocycles. The van der Waals surface area contributed by atoms with Crippen LogP contribution in [-0.4, -0.2) is 24.0 Å². The first-order chi connectivity index (χ1) is 11.5. The fourth-order valence-electron chi connectivity index (χ4n) is 2.20. The lowest BCUT2D eigenvalue weighted by Crippen LogP contribution is -2.26. The minimum Gasteiger partial charge on any atom is -0.383 e. The topological polar surface area (TPSA) is 54.0 Å². The molecule has 0 atom stereocenters. The highest BCUT2D eigenvalue weighted by molar-refractivity contribution is 6.30. The van der Waals surface area contributed by atoms with Crippen molar-refractivity contribution < 1.29 is 4.79 Å². The molecule has 2 N–H and O–H groups in total. The Balaban J connectivity index is 1.77. The molecule has 0 radical (unpaired) electrons. The van der Waals surface area contributed by atoms with Crippen LogP contribution in [0.15, 0.2) is 42.6 Å². The smallest absolute Gasteiger partial charge is 0.269 e. The molecule has 1 aromatic heterocycles. The summed E-state index contributed by atoms with van der Waals surface area (Å²) in [4.78, 5) is 16.2. The highest BCUT2D eigenvalue weighted by atomic mass is 35.5. The molecule has 1 amide bonds. The van der Waals surface area contributed by atoms with E-state index in [9.17, 15) is 4.79 Å². The Morgan fingerprint density at radius 2 is 1.88 bits per heavy atom. The zero-order valence-corrected chi connectivity index (χ0v) is 14.9. The molecule has 0 spiro atoms. The highest BCUT2D eigenvalue weighted by Crippen LogP contribution is 2.11. The van der Waals surface area contributed by atoms with Crippen molar-refractivity contribution in [3.63, 3.8) is 0 Å². The van der Waals surface area contributed by atoms with Crippen LogP contribution in [0, 0.1) is 5.92 Å². The minimum atomic E-state index is -0.122. The Morgan fingerprint density at radius 1 is 1.12 bits per heavy atom. The second kappa shape index (κ2) is 9.28. The maximum Gasteiger partial charge on any atom is 0.269 e. The average molecular weight is 346 g/mol. The molecule has 0 aliphatic carbocycles. The Bertz CT molecular complexity index is 639. The summed E-state index contributed by atoms with van der Waals surface area (Å²) in [7, 11) is 0. The van der Waals surface area contributed by atoms with Gasteiger partial charge >= 0.3 is 0 Å². The van der Waals surface area contributed by atoms with Crippen LogP contribution in [0.2, 0.25) is 5.02 Å². The highest BCUT2D eigenvalue weighted by Gasteiger charge is 2.06. The van der Waals surface area contributed by atoms with Crippen LogP contribution >= 0.6 is 11.6 Å². The van der Waals surface area contributed by atoms with Gasteiger partial charge < -0.3 is 10.6 Å². The van der Waals surface area contributed by atoms with E-state index in [-0.39, 0.29) is 5.91 Å². The molecule has 2 aromatic rings. The van der Waals surface area contributed by atoms with Crippen LogP contribution in [0.25, 0.3) is 0 Å². The van der Waals surface area contributed by atoms with Gasteiger partial charge in [0.05, 0.1) is 11.9 Å². The van der Waals surface area contributed by atoms with E-state index < -0.39 is 0 Å². The number of halogens is 1. The molecule has 1 aromatic carbocycles. The summed E-state index contributed by atoms with van der Waals surface area (Å²) < 4.78 is 0. The predicted molar refractivity (Wildman–Crippen MR) is 99.7 cm³/mol. The Morgan fingerprint density at radius 3 is 2.50 bits per heavy atom. The SMILES string of the molecule is CC(C)CCNC(=O)c1ccc(NCCc2ccc(Cl)cc2)cn1. The molecular formula is C19H24ClN3O. The number of amides is 1. The lowest BCUT2D eigenvalue weighted by atomic mass is 10.1. The number of nitrogens with one attached hydrogen (secondary N) is 2. The number of pyridine rings is 1. The predicted octanol–water partition coefficient (Wildman–Crippen LogP) is 4.17. The summed E-state index contributed by atoms with van der Waals surface area (Å²) in [6.45, 7) is 5.74. The van der Waals surface area contributed by atoms with E-state index in [0.717, 1.165) is 30.1 Å². The van der Waals surface area contributed by atoms with Crippen LogP contribution < -0.4 is 10.6 Å². The van der Waals surface area contributed by atoms with E-state index in [1.54, 1.807) is 12.3 Å². The summed E-state index contributed by atoms with van der Waals surface area (Å²) >= 11 is 5.87. The molecule has 4 nitrogen and oxygen atoms in total. The second-order valence-corrected chi connectivity index (χ2v) is 6.61. The van der Waals surface area contributed by atoms with Gasteiger partial charge in [-0.25, -0.2) is 4.98 Å². The van der Waals surface area contributed by atoms with Crippen molar-refractivity contribution in [2.45, 2.75) is 26.7 Å². The van der Waals surface area contributed by atoms with E-state index in [4.69, 9.17) is 11.6 Å². The van der Waals surface area contributed by atoms with E-state index in [1.807, 2.05) is 30.3 Å². The molecule has 5 heteroatoms. The van der Waals surface area contributed by atoms with Gasteiger partial charge in [0.15, 0.2) is 0 Å². The van der Waals surface area contributed by atoms with Gasteiger partial charge in [-0.1, -0.05) is 37.6 Å². The monoisotopic (exact) mass is 345 g/mol. The summed E-state index contributed by atoms with van der Waals surface area (Å²) in [5, 5.41) is 6.94. The minimum absolute atomic E-state index is 0.122. The van der Waals surface area contributed by atoms with Gasteiger partial charge in [-0.3, -0.25) is 4.79 Å². The fourth-order valence-corrected chi connectivity index (χ4v) is 2.33. The lowest BCUT2D eigenvalue weighted by molar-refractivity contribution is 0.0947. The molecule has 128 valence electrons. The number of carbonyl (C=O) groups is 1. The lowest BCUT2D eigenvalue weighted by Gasteiger charge is -2.08. The third kappa shape index (κ3) is 6.20. The van der Waals surface area contributed by atoms with Crippen LogP contribution in [0.4, 0.5) is 5.69 Å². The van der Waals surface area contributed by atoms with E-state index in [1.165, 1.54) is 5.56 Å². The maximum absolute atomic E-state index is 12.0. The Labute approximate surface area is 148 Å². The van der Waals surface area contributed by atoms with Crippen molar-refractivity contribution in [1.29, 1.82) is 0 Å². The Hall–Kier alpha value is -2.07. The number of anilines is 1. The number of carbonyl (C=O) groups excluding carboxylic acids is 1. The second-order valence-electron chi connectivity index (χ2n) is 6.17. The normalized spacial score (nSPS) is 10.7. The first-order valence-corrected chi connectivity index (χ1v) is 8.65. The number of benzene rings is 1. The number of rotatable bonds is 8. The molecule has 0 aliphatic rings. The molecule has 24 heavy (non-hydrogen) atoms. The summed E-state index contributed by atoms with van der Waals surface area (Å²) in [5.74, 6) is 0.453. The zero-order valence-electron chi connectivity index (χ0n) is 14.2. The van der Waals surface area contributed by atoms with Gasteiger partial charge in [-0.15, -0.1) is 0 Å². The quantitative estimate of drug-likeness (QED) is 0.755.